The van der Waals surface area contributed by atoms with Crippen molar-refractivity contribution < 1.29 is 17.5 Å². The molecule has 0 aliphatic carbocycles. The maximum atomic E-state index is 10.3. The Labute approximate surface area is 89.6 Å². The van der Waals surface area contributed by atoms with E-state index in [0.717, 1.165) is 5.56 Å². The summed E-state index contributed by atoms with van der Waals surface area (Å²) in [5, 5.41) is 0. The van der Waals surface area contributed by atoms with Crippen molar-refractivity contribution in [3.8, 4) is 0 Å². The minimum absolute atomic E-state index is 0.316. The van der Waals surface area contributed by atoms with Gasteiger partial charge in [-0.1, -0.05) is 12.7 Å². The summed E-state index contributed by atoms with van der Waals surface area (Å²) in [5.41, 5.74) is 1.00. The summed E-state index contributed by atoms with van der Waals surface area (Å²) in [4.78, 5) is 0. The predicted octanol–water partition coefficient (Wildman–Crippen LogP) is 0.552. The van der Waals surface area contributed by atoms with Gasteiger partial charge in [0.2, 0.25) is 0 Å². The fourth-order valence-corrected chi connectivity index (χ4v) is 1.66. The molecule has 1 aromatic rings. The maximum Gasteiger partial charge on any atom is 0.169 e. The smallest absolute Gasteiger partial charge is 0.169 e. The first kappa shape index (κ1) is 11.9. The van der Waals surface area contributed by atoms with Gasteiger partial charge in [0.05, 0.1) is 10.1 Å². The van der Waals surface area contributed by atoms with Crippen LogP contribution < -0.4 is 4.57 Å². The van der Waals surface area contributed by atoms with Gasteiger partial charge in [0.15, 0.2) is 12.4 Å². The van der Waals surface area contributed by atoms with E-state index >= 15 is 0 Å². The van der Waals surface area contributed by atoms with Crippen molar-refractivity contribution in [1.29, 1.82) is 0 Å². The summed E-state index contributed by atoms with van der Waals surface area (Å²) >= 11 is 0. The zero-order chi connectivity index (χ0) is 11.3. The molecular formula is C10H13NO3S. The minimum Gasteiger partial charge on any atom is -0.748 e. The molecule has 15 heavy (non-hydrogen) atoms. The van der Waals surface area contributed by atoms with Crippen LogP contribution in [0.25, 0.3) is 6.08 Å². The number of aryl methyl sites for hydroxylation is 1. The lowest BCUT2D eigenvalue weighted by molar-refractivity contribution is -0.696. The Bertz CT molecular complexity index is 422. The maximum absolute atomic E-state index is 10.3. The van der Waals surface area contributed by atoms with E-state index in [0.29, 0.717) is 13.0 Å². The molecular weight excluding hydrogens is 214 g/mol. The molecule has 0 aromatic carbocycles. The van der Waals surface area contributed by atoms with E-state index in [1.165, 1.54) is 0 Å². The van der Waals surface area contributed by atoms with Gasteiger partial charge in [-0.3, -0.25) is 0 Å². The second kappa shape index (κ2) is 5.04. The van der Waals surface area contributed by atoms with Crippen LogP contribution in [0, 0.1) is 0 Å². The number of aromatic nitrogens is 1. The molecule has 0 N–H and O–H groups in total. The van der Waals surface area contributed by atoms with Gasteiger partial charge in [0.1, 0.15) is 6.54 Å². The normalized spacial score (nSPS) is 11.3. The fourth-order valence-electron chi connectivity index (χ4n) is 1.18. The molecule has 4 nitrogen and oxygen atoms in total. The Hall–Kier alpha value is -1.20. The molecule has 82 valence electrons. The Morgan fingerprint density at radius 2 is 2.00 bits per heavy atom. The number of hydrogen-bond donors (Lipinski definition) is 0. The summed E-state index contributed by atoms with van der Waals surface area (Å²) in [7, 11) is -4.09. The SMILES string of the molecule is C=Cc1cc[n+](CCCS(=O)(=O)[O-])cc1. The van der Waals surface area contributed by atoms with Crippen molar-refractivity contribution in [1.82, 2.24) is 0 Å². The second-order valence-electron chi connectivity index (χ2n) is 3.19. The van der Waals surface area contributed by atoms with Gasteiger partial charge in [0.25, 0.3) is 0 Å². The molecule has 1 heterocycles. The quantitative estimate of drug-likeness (QED) is 0.545. The highest BCUT2D eigenvalue weighted by molar-refractivity contribution is 7.85. The van der Waals surface area contributed by atoms with Gasteiger partial charge in [0, 0.05) is 24.3 Å². The molecule has 0 amide bonds. The highest BCUT2D eigenvalue weighted by Gasteiger charge is 2.01. The first-order valence-corrected chi connectivity index (χ1v) is 6.14. The van der Waals surface area contributed by atoms with E-state index in [2.05, 4.69) is 6.58 Å². The van der Waals surface area contributed by atoms with E-state index in [1.54, 1.807) is 6.08 Å². The predicted molar refractivity (Wildman–Crippen MR) is 55.9 cm³/mol. The monoisotopic (exact) mass is 227 g/mol. The molecule has 0 unspecified atom stereocenters. The summed E-state index contributed by atoms with van der Waals surface area (Å²) in [6.07, 6.45) is 5.72. The van der Waals surface area contributed by atoms with Crippen LogP contribution in [0.5, 0.6) is 0 Å². The Morgan fingerprint density at radius 3 is 2.47 bits per heavy atom. The molecule has 0 bridgehead atoms. The van der Waals surface area contributed by atoms with E-state index in [-0.39, 0.29) is 5.75 Å². The first-order valence-electron chi connectivity index (χ1n) is 4.56. The van der Waals surface area contributed by atoms with Gasteiger partial charge >= 0.3 is 0 Å². The molecule has 1 aromatic heterocycles. The summed E-state index contributed by atoms with van der Waals surface area (Å²) in [6.45, 7) is 4.15. The highest BCUT2D eigenvalue weighted by atomic mass is 32.2. The molecule has 0 radical (unpaired) electrons. The summed E-state index contributed by atoms with van der Waals surface area (Å²) < 4.78 is 32.9. The van der Waals surface area contributed by atoms with Gasteiger partial charge in [-0.05, 0) is 5.56 Å². The Balaban J connectivity index is 2.48. The van der Waals surface area contributed by atoms with Crippen molar-refractivity contribution in [2.75, 3.05) is 5.75 Å². The van der Waals surface area contributed by atoms with Gasteiger partial charge in [-0.15, -0.1) is 0 Å². The molecule has 0 fully saturated rings. The molecule has 0 aliphatic heterocycles. The van der Waals surface area contributed by atoms with Crippen LogP contribution in [0.3, 0.4) is 0 Å². The van der Waals surface area contributed by atoms with Crippen molar-refractivity contribution in [2.24, 2.45) is 0 Å². The van der Waals surface area contributed by atoms with Gasteiger partial charge < -0.3 is 4.55 Å². The van der Waals surface area contributed by atoms with Crippen molar-refractivity contribution in [2.45, 2.75) is 13.0 Å². The molecule has 0 spiro atoms. The third-order valence-corrected chi connectivity index (χ3v) is 2.75. The molecule has 5 heteroatoms. The lowest BCUT2D eigenvalue weighted by Gasteiger charge is -2.03. The third kappa shape index (κ3) is 4.71. The first-order chi connectivity index (χ1) is 7.01. The molecule has 0 saturated carbocycles. The van der Waals surface area contributed by atoms with E-state index < -0.39 is 10.1 Å². The van der Waals surface area contributed by atoms with Crippen LogP contribution in [0.4, 0.5) is 0 Å². The largest absolute Gasteiger partial charge is 0.748 e. The van der Waals surface area contributed by atoms with E-state index in [4.69, 9.17) is 0 Å². The van der Waals surface area contributed by atoms with Crippen LogP contribution in [0.15, 0.2) is 31.1 Å². The third-order valence-electron chi connectivity index (χ3n) is 1.96. The van der Waals surface area contributed by atoms with Gasteiger partial charge in [-0.25, -0.2) is 13.0 Å². The molecule has 1 rings (SSSR count). The van der Waals surface area contributed by atoms with E-state index in [1.807, 2.05) is 29.1 Å². The van der Waals surface area contributed by atoms with Crippen LogP contribution in [0.1, 0.15) is 12.0 Å². The zero-order valence-electron chi connectivity index (χ0n) is 8.30. The lowest BCUT2D eigenvalue weighted by atomic mass is 10.3. The molecule has 0 atom stereocenters. The van der Waals surface area contributed by atoms with E-state index in [9.17, 15) is 13.0 Å². The van der Waals surface area contributed by atoms with Crippen molar-refractivity contribution in [3.05, 3.63) is 36.7 Å². The summed E-state index contributed by atoms with van der Waals surface area (Å²) in [6, 6.07) is 3.75. The number of rotatable bonds is 5. The van der Waals surface area contributed by atoms with Crippen LogP contribution in [-0.4, -0.2) is 18.7 Å². The average molecular weight is 227 g/mol. The molecule has 0 saturated heterocycles. The minimum atomic E-state index is -4.09. The second-order valence-corrected chi connectivity index (χ2v) is 4.71. The Morgan fingerprint density at radius 1 is 1.40 bits per heavy atom. The number of nitrogens with zero attached hydrogens (tertiary/aromatic N) is 1. The lowest BCUT2D eigenvalue weighted by Crippen LogP contribution is -2.33. The van der Waals surface area contributed by atoms with Crippen molar-refractivity contribution >= 4 is 16.2 Å². The topological polar surface area (TPSA) is 61.1 Å². The number of hydrogen-bond acceptors (Lipinski definition) is 3. The Kier molecular flexibility index (Phi) is 3.99. The van der Waals surface area contributed by atoms with Gasteiger partial charge in [-0.2, -0.15) is 0 Å². The van der Waals surface area contributed by atoms with Crippen LogP contribution >= 0.6 is 0 Å². The molecule has 0 aliphatic rings. The standard InChI is InChI=1S/C10H13NO3S/c1-2-10-4-7-11(8-5-10)6-3-9-15(12,13)14/h2,4-5,7-8H,1,3,6,9H2. The number of pyridine rings is 1. The van der Waals surface area contributed by atoms with Crippen LogP contribution in [-0.2, 0) is 16.7 Å². The highest BCUT2D eigenvalue weighted by Crippen LogP contribution is 1.96. The van der Waals surface area contributed by atoms with Crippen molar-refractivity contribution in [3.63, 3.8) is 0 Å². The average Bonchev–Trinajstić information content (AvgIpc) is 2.17. The zero-order valence-corrected chi connectivity index (χ0v) is 9.11. The summed E-state index contributed by atoms with van der Waals surface area (Å²) in [5.74, 6) is -0.316. The van der Waals surface area contributed by atoms with Crippen LogP contribution in [0.2, 0.25) is 0 Å². The fraction of sp³-hybridized carbons (Fsp3) is 0.300.